The van der Waals surface area contributed by atoms with E-state index in [-0.39, 0.29) is 5.12 Å². The molecule has 150 valence electrons. The predicted octanol–water partition coefficient (Wildman–Crippen LogP) is 5.72. The molecular weight excluding hydrogens is 398 g/mol. The zero-order chi connectivity index (χ0) is 21.1. The van der Waals surface area contributed by atoms with E-state index in [1.54, 1.807) is 24.3 Å². The Morgan fingerprint density at radius 1 is 0.967 bits per heavy atom. The molecule has 1 heterocycles. The summed E-state index contributed by atoms with van der Waals surface area (Å²) in [5.41, 5.74) is 5.48. The third kappa shape index (κ3) is 4.36. The normalized spacial score (nSPS) is 10.7. The molecule has 0 aliphatic carbocycles. The highest BCUT2D eigenvalue weighted by molar-refractivity contribution is 8.12. The van der Waals surface area contributed by atoms with Gasteiger partial charge >= 0.3 is 6.03 Å². The van der Waals surface area contributed by atoms with Gasteiger partial charge in [0, 0.05) is 28.8 Å². The number of anilines is 1. The number of amides is 2. The number of oxazole rings is 1. The van der Waals surface area contributed by atoms with Crippen LogP contribution in [0.3, 0.4) is 0 Å². The average Bonchev–Trinajstić information content (AvgIpc) is 3.16. The van der Waals surface area contributed by atoms with E-state index < -0.39 is 6.03 Å². The molecule has 0 aliphatic heterocycles. The van der Waals surface area contributed by atoms with Gasteiger partial charge in [0.15, 0.2) is 5.58 Å². The van der Waals surface area contributed by atoms with Crippen molar-refractivity contribution in [2.45, 2.75) is 13.8 Å². The van der Waals surface area contributed by atoms with Gasteiger partial charge in [-0.1, -0.05) is 30.3 Å². The maximum atomic E-state index is 12.2. The number of nitrogens with one attached hydrogen (secondary N) is 2. The van der Waals surface area contributed by atoms with Crippen molar-refractivity contribution in [2.75, 3.05) is 5.32 Å². The van der Waals surface area contributed by atoms with Gasteiger partial charge in [-0.25, -0.2) is 9.78 Å². The fraction of sp³-hybridized carbons (Fsp3) is 0.0870. The van der Waals surface area contributed by atoms with Gasteiger partial charge in [0.05, 0.1) is 0 Å². The van der Waals surface area contributed by atoms with Crippen LogP contribution in [0.25, 0.3) is 22.6 Å². The Kier molecular flexibility index (Phi) is 5.54. The third-order valence-electron chi connectivity index (χ3n) is 4.53. The van der Waals surface area contributed by atoms with E-state index in [0.29, 0.717) is 17.1 Å². The second kappa shape index (κ2) is 8.42. The number of fused-ring (bicyclic) bond motifs is 1. The molecule has 0 saturated carbocycles. The number of carbonyl (C=O) groups excluding carboxylic acids is 2. The first-order valence-electron chi connectivity index (χ1n) is 9.31. The van der Waals surface area contributed by atoms with E-state index >= 15 is 0 Å². The summed E-state index contributed by atoms with van der Waals surface area (Å²) >= 11 is 0.749. The second-order valence-corrected chi connectivity index (χ2v) is 7.61. The Morgan fingerprint density at radius 3 is 2.50 bits per heavy atom. The van der Waals surface area contributed by atoms with E-state index in [1.807, 2.05) is 56.3 Å². The smallest absolute Gasteiger partial charge is 0.329 e. The van der Waals surface area contributed by atoms with E-state index in [1.165, 1.54) is 0 Å². The molecular formula is C23H19N3O3S. The highest BCUT2D eigenvalue weighted by Crippen LogP contribution is 2.26. The Hall–Kier alpha value is -3.58. The SMILES string of the molecule is Cc1ccc2oc(-c3ccc(NC(=O)NSC(=O)c4ccccc4C)cc3)nc2c1. The third-order valence-corrected chi connectivity index (χ3v) is 5.23. The van der Waals surface area contributed by atoms with Crippen LogP contribution >= 0.6 is 11.9 Å². The molecule has 6 nitrogen and oxygen atoms in total. The summed E-state index contributed by atoms with van der Waals surface area (Å²) in [6.07, 6.45) is 0. The number of benzene rings is 3. The molecule has 30 heavy (non-hydrogen) atoms. The van der Waals surface area contributed by atoms with Gasteiger partial charge in [0.1, 0.15) is 5.52 Å². The molecule has 0 aliphatic rings. The molecule has 7 heteroatoms. The first-order chi connectivity index (χ1) is 14.5. The molecule has 4 aromatic rings. The molecule has 2 N–H and O–H groups in total. The summed E-state index contributed by atoms with van der Waals surface area (Å²) in [7, 11) is 0. The van der Waals surface area contributed by atoms with E-state index in [2.05, 4.69) is 15.0 Å². The molecule has 0 saturated heterocycles. The van der Waals surface area contributed by atoms with Crippen LogP contribution in [0.15, 0.2) is 71.1 Å². The van der Waals surface area contributed by atoms with Crippen LogP contribution in [0.1, 0.15) is 21.5 Å². The number of urea groups is 1. The summed E-state index contributed by atoms with van der Waals surface area (Å²) in [4.78, 5) is 28.8. The van der Waals surface area contributed by atoms with Crippen molar-refractivity contribution in [1.29, 1.82) is 0 Å². The van der Waals surface area contributed by atoms with Crippen LogP contribution in [0.2, 0.25) is 0 Å². The molecule has 4 rings (SSSR count). The van der Waals surface area contributed by atoms with Crippen molar-refractivity contribution in [3.63, 3.8) is 0 Å². The zero-order valence-corrected chi connectivity index (χ0v) is 17.2. The van der Waals surface area contributed by atoms with Gasteiger partial charge in [-0.3, -0.25) is 9.52 Å². The van der Waals surface area contributed by atoms with Crippen LogP contribution in [0.4, 0.5) is 10.5 Å². The minimum Gasteiger partial charge on any atom is -0.436 e. The Morgan fingerprint density at radius 2 is 1.73 bits per heavy atom. The van der Waals surface area contributed by atoms with Crippen LogP contribution in [-0.2, 0) is 0 Å². The molecule has 3 aromatic carbocycles. The zero-order valence-electron chi connectivity index (χ0n) is 16.4. The van der Waals surface area contributed by atoms with E-state index in [4.69, 9.17) is 4.42 Å². The first-order valence-corrected chi connectivity index (χ1v) is 10.1. The lowest BCUT2D eigenvalue weighted by Gasteiger charge is -2.07. The fourth-order valence-corrected chi connectivity index (χ4v) is 3.54. The topological polar surface area (TPSA) is 84.2 Å². The largest absolute Gasteiger partial charge is 0.436 e. The van der Waals surface area contributed by atoms with Gasteiger partial charge in [-0.2, -0.15) is 0 Å². The number of aromatic nitrogens is 1. The highest BCUT2D eigenvalue weighted by atomic mass is 32.2. The van der Waals surface area contributed by atoms with Crippen molar-refractivity contribution in [2.24, 2.45) is 0 Å². The molecule has 0 radical (unpaired) electrons. The lowest BCUT2D eigenvalue weighted by Crippen LogP contribution is -2.24. The Balaban J connectivity index is 1.37. The number of hydrogen-bond donors (Lipinski definition) is 2. The van der Waals surface area contributed by atoms with Gasteiger partial charge in [0.2, 0.25) is 11.0 Å². The Bertz CT molecular complexity index is 1230. The monoisotopic (exact) mass is 417 g/mol. The van der Waals surface area contributed by atoms with E-state index in [0.717, 1.165) is 39.7 Å². The van der Waals surface area contributed by atoms with Gasteiger partial charge < -0.3 is 9.73 Å². The number of carbonyl (C=O) groups is 2. The average molecular weight is 417 g/mol. The van der Waals surface area contributed by atoms with Gasteiger partial charge in [-0.05, 0) is 61.4 Å². The minimum absolute atomic E-state index is 0.218. The first kappa shape index (κ1) is 19.7. The summed E-state index contributed by atoms with van der Waals surface area (Å²) in [5.74, 6) is 0.519. The van der Waals surface area contributed by atoms with Crippen LogP contribution < -0.4 is 10.0 Å². The maximum absolute atomic E-state index is 12.2. The number of aryl methyl sites for hydroxylation is 2. The Labute approximate surface area is 177 Å². The number of rotatable bonds is 3. The fourth-order valence-electron chi connectivity index (χ4n) is 2.96. The highest BCUT2D eigenvalue weighted by Gasteiger charge is 2.12. The minimum atomic E-state index is -0.480. The van der Waals surface area contributed by atoms with Crippen LogP contribution in [0, 0.1) is 13.8 Å². The standard InChI is InChI=1S/C23H19N3O3S/c1-14-7-12-20-19(13-14)25-21(29-20)16-8-10-17(11-9-16)24-23(28)26-30-22(27)18-6-4-3-5-15(18)2/h3-13H,1-2H3,(H2,24,26,28). The molecule has 0 atom stereocenters. The number of hydrogen-bond acceptors (Lipinski definition) is 5. The van der Waals surface area contributed by atoms with Crippen LogP contribution in [0.5, 0.6) is 0 Å². The van der Waals surface area contributed by atoms with Crippen molar-refractivity contribution < 1.29 is 14.0 Å². The molecule has 0 spiro atoms. The van der Waals surface area contributed by atoms with Crippen molar-refractivity contribution in [3.05, 3.63) is 83.4 Å². The summed E-state index contributed by atoms with van der Waals surface area (Å²) in [6.45, 7) is 3.86. The van der Waals surface area contributed by atoms with Gasteiger partial charge in [0.25, 0.3) is 0 Å². The molecule has 0 unspecified atom stereocenters. The molecule has 2 amide bonds. The predicted molar refractivity (Wildman–Crippen MR) is 119 cm³/mol. The van der Waals surface area contributed by atoms with Crippen LogP contribution in [-0.4, -0.2) is 16.1 Å². The molecule has 0 fully saturated rings. The lowest BCUT2D eigenvalue weighted by molar-refractivity contribution is 0.108. The summed E-state index contributed by atoms with van der Waals surface area (Å²) in [6, 6.07) is 19.8. The van der Waals surface area contributed by atoms with Crippen molar-refractivity contribution in [3.8, 4) is 11.5 Å². The van der Waals surface area contributed by atoms with E-state index in [9.17, 15) is 9.59 Å². The maximum Gasteiger partial charge on any atom is 0.329 e. The molecule has 0 bridgehead atoms. The van der Waals surface area contributed by atoms with Crippen molar-refractivity contribution >= 4 is 39.9 Å². The quantitative estimate of drug-likeness (QED) is 0.416. The molecule has 1 aromatic heterocycles. The van der Waals surface area contributed by atoms with Crippen molar-refractivity contribution in [1.82, 2.24) is 9.71 Å². The summed E-state index contributed by atoms with van der Waals surface area (Å²) < 4.78 is 8.31. The summed E-state index contributed by atoms with van der Waals surface area (Å²) in [5, 5.41) is 2.48. The second-order valence-electron chi connectivity index (χ2n) is 6.83. The van der Waals surface area contributed by atoms with Gasteiger partial charge in [-0.15, -0.1) is 0 Å². The lowest BCUT2D eigenvalue weighted by atomic mass is 10.1. The number of nitrogens with zero attached hydrogens (tertiary/aromatic N) is 1.